The van der Waals surface area contributed by atoms with Crippen molar-refractivity contribution in [2.75, 3.05) is 31.7 Å². The largest absolute Gasteiger partial charge is 0.466 e. The smallest absolute Gasteiger partial charge is 0.310 e. The summed E-state index contributed by atoms with van der Waals surface area (Å²) in [6, 6.07) is 5.65. The number of nitrogens with zero attached hydrogens (tertiary/aromatic N) is 1. The number of benzene rings is 1. The zero-order valence-corrected chi connectivity index (χ0v) is 18.9. The fourth-order valence-corrected chi connectivity index (χ4v) is 4.99. The average molecular weight is 443 g/mol. The number of rotatable bonds is 9. The second-order valence-electron chi connectivity index (χ2n) is 7.14. The van der Waals surface area contributed by atoms with Crippen LogP contribution in [0, 0.1) is 12.8 Å². The normalized spacial score (nSPS) is 18.3. The summed E-state index contributed by atoms with van der Waals surface area (Å²) in [6.45, 7) is 4.71. The Bertz CT molecular complexity index is 796. The van der Waals surface area contributed by atoms with Gasteiger partial charge in [-0.15, -0.1) is 0 Å². The predicted octanol–water partition coefficient (Wildman–Crippen LogP) is 2.20. The van der Waals surface area contributed by atoms with Crippen molar-refractivity contribution in [3.05, 3.63) is 29.8 Å². The zero-order chi connectivity index (χ0) is 21.4. The van der Waals surface area contributed by atoms with Gasteiger partial charge in [-0.25, -0.2) is 8.42 Å². The summed E-state index contributed by atoms with van der Waals surface area (Å²) in [5, 5.41) is 0. The number of carbonyl (C=O) groups is 2. The molecule has 0 bridgehead atoms. The Morgan fingerprint density at radius 1 is 1.31 bits per heavy atom. The summed E-state index contributed by atoms with van der Waals surface area (Å²) in [4.78, 5) is 26.9. The monoisotopic (exact) mass is 442 g/mol. The molecule has 2 rings (SSSR count). The molecule has 1 aliphatic rings. The van der Waals surface area contributed by atoms with E-state index >= 15 is 0 Å². The molecule has 162 valence electrons. The first-order valence-electron chi connectivity index (χ1n) is 9.81. The van der Waals surface area contributed by atoms with Crippen LogP contribution in [-0.4, -0.2) is 62.9 Å². The molecule has 1 N–H and O–H groups in total. The molecule has 0 aromatic heterocycles. The summed E-state index contributed by atoms with van der Waals surface area (Å²) in [5.74, 6) is -0.306. The molecular weight excluding hydrogens is 412 g/mol. The lowest BCUT2D eigenvalue weighted by molar-refractivity contribution is -0.151. The molecule has 9 heteroatoms. The van der Waals surface area contributed by atoms with E-state index in [1.165, 1.54) is 12.1 Å². The van der Waals surface area contributed by atoms with Crippen LogP contribution >= 0.6 is 11.8 Å². The maximum atomic E-state index is 13.1. The van der Waals surface area contributed by atoms with Gasteiger partial charge in [0.05, 0.1) is 17.4 Å². The first kappa shape index (κ1) is 23.7. The summed E-state index contributed by atoms with van der Waals surface area (Å²) in [5.41, 5.74) is 0.956. The molecule has 0 spiro atoms. The van der Waals surface area contributed by atoms with Crippen molar-refractivity contribution in [3.63, 3.8) is 0 Å². The summed E-state index contributed by atoms with van der Waals surface area (Å²) in [6.07, 6.45) is 3.65. The van der Waals surface area contributed by atoms with Crippen molar-refractivity contribution in [1.29, 1.82) is 0 Å². The van der Waals surface area contributed by atoms with Crippen molar-refractivity contribution in [3.8, 4) is 0 Å². The first-order valence-corrected chi connectivity index (χ1v) is 12.7. The third-order valence-electron chi connectivity index (χ3n) is 4.89. The Balaban J connectivity index is 2.14. The molecule has 1 aromatic carbocycles. The van der Waals surface area contributed by atoms with E-state index in [1.54, 1.807) is 35.7 Å². The molecule has 1 amide bonds. The number of likely N-dealkylation sites (tertiary alicyclic amines) is 1. The highest BCUT2D eigenvalue weighted by Crippen LogP contribution is 2.20. The number of aryl methyl sites for hydroxylation is 1. The standard InChI is InChI=1S/C20H30N2O5S2/c1-4-27-20(24)16-6-5-12-22(14-16)19(23)18(11-13-28-3)21-29(25,26)17-9-7-15(2)8-10-17/h7-10,16,18,21H,4-6,11-14H2,1-3H3. The highest BCUT2D eigenvalue weighted by atomic mass is 32.2. The minimum absolute atomic E-state index is 0.132. The van der Waals surface area contributed by atoms with Gasteiger partial charge in [-0.1, -0.05) is 17.7 Å². The van der Waals surface area contributed by atoms with E-state index in [9.17, 15) is 18.0 Å². The molecule has 1 saturated heterocycles. The van der Waals surface area contributed by atoms with E-state index in [2.05, 4.69) is 4.72 Å². The molecular formula is C20H30N2O5S2. The average Bonchev–Trinajstić information content (AvgIpc) is 2.71. The van der Waals surface area contributed by atoms with Crippen molar-refractivity contribution >= 4 is 33.7 Å². The number of hydrogen-bond acceptors (Lipinski definition) is 6. The number of esters is 1. The van der Waals surface area contributed by atoms with Crippen LogP contribution in [0.15, 0.2) is 29.2 Å². The fraction of sp³-hybridized carbons (Fsp3) is 0.600. The molecule has 2 unspecified atom stereocenters. The van der Waals surface area contributed by atoms with Crippen molar-refractivity contribution in [1.82, 2.24) is 9.62 Å². The second kappa shape index (κ2) is 11.0. The van der Waals surface area contributed by atoms with E-state index in [0.29, 0.717) is 38.2 Å². The van der Waals surface area contributed by atoms with Crippen LogP contribution in [0.2, 0.25) is 0 Å². The van der Waals surface area contributed by atoms with Gasteiger partial charge in [0.1, 0.15) is 6.04 Å². The van der Waals surface area contributed by atoms with Crippen LogP contribution < -0.4 is 4.72 Å². The fourth-order valence-electron chi connectivity index (χ4n) is 3.29. The Hall–Kier alpha value is -1.58. The topological polar surface area (TPSA) is 92.8 Å². The first-order chi connectivity index (χ1) is 13.8. The van der Waals surface area contributed by atoms with Crippen molar-refractivity contribution < 1.29 is 22.7 Å². The van der Waals surface area contributed by atoms with E-state index in [4.69, 9.17) is 4.74 Å². The van der Waals surface area contributed by atoms with Gasteiger partial charge in [-0.2, -0.15) is 16.5 Å². The third kappa shape index (κ3) is 6.72. The SMILES string of the molecule is CCOC(=O)C1CCCN(C(=O)C(CCSC)NS(=O)(=O)c2ccc(C)cc2)C1. The highest BCUT2D eigenvalue weighted by Gasteiger charge is 2.34. The van der Waals surface area contributed by atoms with Gasteiger partial charge >= 0.3 is 5.97 Å². The molecule has 1 aromatic rings. The summed E-state index contributed by atoms with van der Waals surface area (Å²) < 4.78 is 33.3. The number of carbonyl (C=O) groups excluding carboxylic acids is 2. The summed E-state index contributed by atoms with van der Waals surface area (Å²) in [7, 11) is -3.83. The molecule has 2 atom stereocenters. The lowest BCUT2D eigenvalue weighted by Gasteiger charge is -2.34. The molecule has 0 saturated carbocycles. The minimum Gasteiger partial charge on any atom is -0.466 e. The van der Waals surface area contributed by atoms with Gasteiger partial charge < -0.3 is 9.64 Å². The predicted molar refractivity (Wildman–Crippen MR) is 114 cm³/mol. The number of ether oxygens (including phenoxy) is 1. The van der Waals surface area contributed by atoms with Gasteiger partial charge in [0, 0.05) is 13.1 Å². The number of hydrogen-bond donors (Lipinski definition) is 1. The van der Waals surface area contributed by atoms with Crippen LogP contribution in [0.5, 0.6) is 0 Å². The lowest BCUT2D eigenvalue weighted by atomic mass is 9.97. The molecule has 29 heavy (non-hydrogen) atoms. The van der Waals surface area contributed by atoms with Crippen LogP contribution in [0.1, 0.15) is 31.7 Å². The molecule has 1 aliphatic heterocycles. The van der Waals surface area contributed by atoms with Crippen molar-refractivity contribution in [2.45, 2.75) is 44.0 Å². The molecule has 0 radical (unpaired) electrons. The highest BCUT2D eigenvalue weighted by molar-refractivity contribution is 7.98. The molecule has 1 fully saturated rings. The number of sulfonamides is 1. The zero-order valence-electron chi connectivity index (χ0n) is 17.2. The maximum Gasteiger partial charge on any atom is 0.310 e. The quantitative estimate of drug-likeness (QED) is 0.590. The molecule has 0 aliphatic carbocycles. The van der Waals surface area contributed by atoms with Gasteiger partial charge in [0.15, 0.2) is 0 Å². The lowest BCUT2D eigenvalue weighted by Crippen LogP contribution is -2.52. The number of nitrogens with one attached hydrogen (secondary N) is 1. The Kier molecular flexibility index (Phi) is 8.98. The summed E-state index contributed by atoms with van der Waals surface area (Å²) >= 11 is 1.55. The van der Waals surface area contributed by atoms with Crippen LogP contribution in [0.4, 0.5) is 0 Å². The van der Waals surface area contributed by atoms with Crippen LogP contribution in [-0.2, 0) is 24.3 Å². The Labute approximate surface area is 177 Å². The Morgan fingerprint density at radius 3 is 2.62 bits per heavy atom. The molecule has 7 nitrogen and oxygen atoms in total. The van der Waals surface area contributed by atoms with E-state index in [-0.39, 0.29) is 29.2 Å². The maximum absolute atomic E-state index is 13.1. The number of amides is 1. The van der Waals surface area contributed by atoms with Gasteiger partial charge in [0.2, 0.25) is 15.9 Å². The van der Waals surface area contributed by atoms with E-state index in [0.717, 1.165) is 5.56 Å². The van der Waals surface area contributed by atoms with Crippen molar-refractivity contribution in [2.24, 2.45) is 5.92 Å². The third-order valence-corrected chi connectivity index (χ3v) is 7.02. The van der Waals surface area contributed by atoms with E-state index in [1.807, 2.05) is 13.2 Å². The van der Waals surface area contributed by atoms with E-state index < -0.39 is 16.1 Å². The van der Waals surface area contributed by atoms with Gasteiger partial charge in [0.25, 0.3) is 0 Å². The van der Waals surface area contributed by atoms with Gasteiger partial charge in [-0.05, 0) is 57.3 Å². The van der Waals surface area contributed by atoms with Gasteiger partial charge in [-0.3, -0.25) is 9.59 Å². The molecule has 1 heterocycles. The number of thioether (sulfide) groups is 1. The number of piperidine rings is 1. The second-order valence-corrected chi connectivity index (χ2v) is 9.84. The minimum atomic E-state index is -3.83. The van der Waals surface area contributed by atoms with Crippen LogP contribution in [0.25, 0.3) is 0 Å². The Morgan fingerprint density at radius 2 is 2.00 bits per heavy atom. The van der Waals surface area contributed by atoms with Crippen LogP contribution in [0.3, 0.4) is 0 Å².